The van der Waals surface area contributed by atoms with Gasteiger partial charge in [0.25, 0.3) is 0 Å². The standard InChI is InChI=1S/C19H23BrN2O3/c1-4-25-17-8-6-14(12-18(17)24-3)9-10-21-19(23)22-16-7-5-13(2)11-15(16)20/h5-8,11-12H,4,9-10H2,1-3H3,(H2,21,22,23). The van der Waals surface area contributed by atoms with Crippen LogP contribution >= 0.6 is 15.9 Å². The number of amides is 2. The summed E-state index contributed by atoms with van der Waals surface area (Å²) in [6, 6.07) is 11.3. The Morgan fingerprint density at radius 2 is 1.96 bits per heavy atom. The van der Waals surface area contributed by atoms with Crippen molar-refractivity contribution in [2.45, 2.75) is 20.3 Å². The molecule has 0 heterocycles. The highest BCUT2D eigenvalue weighted by molar-refractivity contribution is 9.10. The van der Waals surface area contributed by atoms with Crippen LogP contribution in [-0.4, -0.2) is 26.3 Å². The molecule has 5 nitrogen and oxygen atoms in total. The summed E-state index contributed by atoms with van der Waals surface area (Å²) in [7, 11) is 1.62. The lowest BCUT2D eigenvalue weighted by atomic mass is 10.1. The molecule has 134 valence electrons. The van der Waals surface area contributed by atoms with Crippen LogP contribution in [0.2, 0.25) is 0 Å². The van der Waals surface area contributed by atoms with Crippen molar-refractivity contribution in [2.75, 3.05) is 25.6 Å². The van der Waals surface area contributed by atoms with Crippen molar-refractivity contribution in [3.63, 3.8) is 0 Å². The molecule has 0 bridgehead atoms. The highest BCUT2D eigenvalue weighted by atomic mass is 79.9. The van der Waals surface area contributed by atoms with Gasteiger partial charge in [-0.3, -0.25) is 0 Å². The lowest BCUT2D eigenvalue weighted by molar-refractivity contribution is 0.252. The van der Waals surface area contributed by atoms with Crippen LogP contribution in [0.25, 0.3) is 0 Å². The molecule has 2 aromatic carbocycles. The van der Waals surface area contributed by atoms with E-state index in [1.54, 1.807) is 7.11 Å². The third kappa shape index (κ3) is 5.67. The molecule has 0 fully saturated rings. The van der Waals surface area contributed by atoms with Crippen molar-refractivity contribution in [3.8, 4) is 11.5 Å². The van der Waals surface area contributed by atoms with Crippen molar-refractivity contribution in [1.82, 2.24) is 5.32 Å². The van der Waals surface area contributed by atoms with Gasteiger partial charge in [0.05, 0.1) is 19.4 Å². The summed E-state index contributed by atoms with van der Waals surface area (Å²) in [5.41, 5.74) is 2.94. The molecule has 2 rings (SSSR count). The molecule has 0 saturated heterocycles. The predicted molar refractivity (Wildman–Crippen MR) is 104 cm³/mol. The minimum Gasteiger partial charge on any atom is -0.493 e. The predicted octanol–water partition coefficient (Wildman–Crippen LogP) is 4.53. The molecular formula is C19H23BrN2O3. The fourth-order valence-electron chi connectivity index (χ4n) is 2.35. The largest absolute Gasteiger partial charge is 0.493 e. The number of rotatable bonds is 7. The number of methoxy groups -OCH3 is 1. The molecule has 2 aromatic rings. The maximum Gasteiger partial charge on any atom is 0.319 e. The molecule has 0 aliphatic carbocycles. The van der Waals surface area contributed by atoms with Gasteiger partial charge in [0.1, 0.15) is 0 Å². The molecule has 0 aliphatic heterocycles. The number of aryl methyl sites for hydroxylation is 1. The van der Waals surface area contributed by atoms with Crippen LogP contribution < -0.4 is 20.1 Å². The van der Waals surface area contributed by atoms with E-state index in [2.05, 4.69) is 26.6 Å². The van der Waals surface area contributed by atoms with Gasteiger partial charge in [-0.25, -0.2) is 4.79 Å². The van der Waals surface area contributed by atoms with Gasteiger partial charge in [-0.05, 0) is 71.6 Å². The van der Waals surface area contributed by atoms with Crippen LogP contribution in [0.15, 0.2) is 40.9 Å². The van der Waals surface area contributed by atoms with E-state index in [0.717, 1.165) is 27.0 Å². The number of benzene rings is 2. The summed E-state index contributed by atoms with van der Waals surface area (Å²) in [5.74, 6) is 1.43. The van der Waals surface area contributed by atoms with Crippen molar-refractivity contribution in [3.05, 3.63) is 52.0 Å². The lowest BCUT2D eigenvalue weighted by Gasteiger charge is -2.12. The molecule has 0 unspecified atom stereocenters. The second-order valence-corrected chi connectivity index (χ2v) is 6.39. The molecule has 0 saturated carbocycles. The molecule has 0 aromatic heterocycles. The van der Waals surface area contributed by atoms with Crippen LogP contribution in [0, 0.1) is 6.92 Å². The van der Waals surface area contributed by atoms with Crippen molar-refractivity contribution in [2.24, 2.45) is 0 Å². The minimum absolute atomic E-state index is 0.234. The second kappa shape index (κ2) is 9.32. The first-order valence-corrected chi connectivity index (χ1v) is 8.93. The van der Waals surface area contributed by atoms with Gasteiger partial charge in [0.15, 0.2) is 11.5 Å². The topological polar surface area (TPSA) is 59.6 Å². The Bertz CT molecular complexity index is 735. The Morgan fingerprint density at radius 1 is 1.16 bits per heavy atom. The highest BCUT2D eigenvalue weighted by Gasteiger charge is 2.07. The van der Waals surface area contributed by atoms with Gasteiger partial charge in [0.2, 0.25) is 0 Å². The van der Waals surface area contributed by atoms with E-state index in [9.17, 15) is 4.79 Å². The average molecular weight is 407 g/mol. The Labute approximate surface area is 156 Å². The molecule has 0 radical (unpaired) electrons. The van der Waals surface area contributed by atoms with Crippen LogP contribution in [0.5, 0.6) is 11.5 Å². The molecule has 0 atom stereocenters. The van der Waals surface area contributed by atoms with Crippen LogP contribution in [0.3, 0.4) is 0 Å². The molecule has 6 heteroatoms. The fourth-order valence-corrected chi connectivity index (χ4v) is 2.94. The van der Waals surface area contributed by atoms with E-state index >= 15 is 0 Å². The number of hydrogen-bond acceptors (Lipinski definition) is 3. The summed E-state index contributed by atoms with van der Waals surface area (Å²) >= 11 is 3.45. The zero-order chi connectivity index (χ0) is 18.2. The number of halogens is 1. The Hall–Kier alpha value is -2.21. The number of carbonyl (C=O) groups is 1. The second-order valence-electron chi connectivity index (χ2n) is 5.53. The van der Waals surface area contributed by atoms with Crippen molar-refractivity contribution in [1.29, 1.82) is 0 Å². The van der Waals surface area contributed by atoms with Gasteiger partial charge in [-0.15, -0.1) is 0 Å². The summed E-state index contributed by atoms with van der Waals surface area (Å²) in [4.78, 5) is 12.0. The minimum atomic E-state index is -0.234. The normalized spacial score (nSPS) is 10.2. The lowest BCUT2D eigenvalue weighted by Crippen LogP contribution is -2.30. The van der Waals surface area contributed by atoms with Gasteiger partial charge >= 0.3 is 6.03 Å². The molecule has 0 spiro atoms. The Morgan fingerprint density at radius 3 is 2.64 bits per heavy atom. The maximum absolute atomic E-state index is 12.0. The van der Waals surface area contributed by atoms with Gasteiger partial charge in [-0.2, -0.15) is 0 Å². The summed E-state index contributed by atoms with van der Waals surface area (Å²) in [6.45, 7) is 5.04. The van der Waals surface area contributed by atoms with Crippen molar-refractivity contribution < 1.29 is 14.3 Å². The highest BCUT2D eigenvalue weighted by Crippen LogP contribution is 2.28. The van der Waals surface area contributed by atoms with E-state index in [4.69, 9.17) is 9.47 Å². The average Bonchev–Trinajstić information content (AvgIpc) is 2.59. The van der Waals surface area contributed by atoms with E-state index < -0.39 is 0 Å². The van der Waals surface area contributed by atoms with Crippen molar-refractivity contribution >= 4 is 27.6 Å². The van der Waals surface area contributed by atoms with Crippen LogP contribution in [0.1, 0.15) is 18.1 Å². The number of nitrogens with one attached hydrogen (secondary N) is 2. The maximum atomic E-state index is 12.0. The SMILES string of the molecule is CCOc1ccc(CCNC(=O)Nc2ccc(C)cc2Br)cc1OC. The molecule has 2 N–H and O–H groups in total. The first kappa shape index (κ1) is 19.1. The molecular weight excluding hydrogens is 384 g/mol. The third-order valence-corrected chi connectivity index (χ3v) is 4.26. The fraction of sp³-hybridized carbons (Fsp3) is 0.316. The molecule has 0 aliphatic rings. The van der Waals surface area contributed by atoms with E-state index in [-0.39, 0.29) is 6.03 Å². The first-order valence-electron chi connectivity index (χ1n) is 8.14. The Kier molecular flexibility index (Phi) is 7.13. The first-order chi connectivity index (χ1) is 12.0. The quantitative estimate of drug-likeness (QED) is 0.709. The summed E-state index contributed by atoms with van der Waals surface area (Å²) in [5, 5.41) is 5.69. The zero-order valence-electron chi connectivity index (χ0n) is 14.7. The van der Waals surface area contributed by atoms with Crippen LogP contribution in [0.4, 0.5) is 10.5 Å². The number of carbonyl (C=O) groups excluding carboxylic acids is 1. The monoisotopic (exact) mass is 406 g/mol. The number of anilines is 1. The van der Waals surface area contributed by atoms with Gasteiger partial charge in [0, 0.05) is 11.0 Å². The summed E-state index contributed by atoms with van der Waals surface area (Å²) < 4.78 is 11.7. The number of urea groups is 1. The van der Waals surface area contributed by atoms with Gasteiger partial charge in [-0.1, -0.05) is 12.1 Å². The van der Waals surface area contributed by atoms with Gasteiger partial charge < -0.3 is 20.1 Å². The summed E-state index contributed by atoms with van der Waals surface area (Å²) in [6.07, 6.45) is 0.700. The zero-order valence-corrected chi connectivity index (χ0v) is 16.3. The number of ether oxygens (including phenoxy) is 2. The third-order valence-electron chi connectivity index (χ3n) is 3.60. The van der Waals surface area contributed by atoms with Crippen LogP contribution in [-0.2, 0) is 6.42 Å². The molecule has 2 amide bonds. The van der Waals surface area contributed by atoms with E-state index in [0.29, 0.717) is 25.3 Å². The van der Waals surface area contributed by atoms with E-state index in [1.165, 1.54) is 0 Å². The van der Waals surface area contributed by atoms with E-state index in [1.807, 2.05) is 50.2 Å². The molecule has 25 heavy (non-hydrogen) atoms. The number of hydrogen-bond donors (Lipinski definition) is 2. The smallest absolute Gasteiger partial charge is 0.319 e. The Balaban J connectivity index is 1.86.